The summed E-state index contributed by atoms with van der Waals surface area (Å²) in [5.41, 5.74) is 8.34. The summed E-state index contributed by atoms with van der Waals surface area (Å²) in [7, 11) is 0. The van der Waals surface area contributed by atoms with Crippen molar-refractivity contribution >= 4 is 45.3 Å². The van der Waals surface area contributed by atoms with E-state index in [4.69, 9.17) is 9.72 Å². The van der Waals surface area contributed by atoms with Gasteiger partial charge in [0, 0.05) is 40.4 Å². The lowest BCUT2D eigenvalue weighted by molar-refractivity contribution is 0.464. The Morgan fingerprint density at radius 2 is 1.44 bits per heavy atom. The number of fused-ring (bicyclic) bond motifs is 5. The number of anilines is 2. The molecule has 4 aromatic carbocycles. The molecule has 8 rings (SSSR count). The van der Waals surface area contributed by atoms with Crippen LogP contribution in [-0.2, 0) is 0 Å². The summed E-state index contributed by atoms with van der Waals surface area (Å²) >= 11 is 0. The van der Waals surface area contributed by atoms with E-state index in [2.05, 4.69) is 99.8 Å². The second kappa shape index (κ2) is 9.50. The summed E-state index contributed by atoms with van der Waals surface area (Å²) in [5, 5.41) is 5.96. The minimum atomic E-state index is 0.532. The van der Waals surface area contributed by atoms with Crippen molar-refractivity contribution in [2.45, 2.75) is 0 Å². The summed E-state index contributed by atoms with van der Waals surface area (Å²) in [6.07, 6.45) is 6.11. The average Bonchev–Trinajstić information content (AvgIpc) is 3.22. The van der Waals surface area contributed by atoms with Gasteiger partial charge in [0.05, 0.1) is 22.4 Å². The predicted molar refractivity (Wildman–Crippen MR) is 167 cm³/mol. The van der Waals surface area contributed by atoms with Crippen LogP contribution < -0.4 is 10.1 Å². The number of aromatic nitrogens is 3. The number of ether oxygens (including phenoxy) is 1. The molecule has 0 fully saturated rings. The van der Waals surface area contributed by atoms with Crippen molar-refractivity contribution in [3.8, 4) is 28.7 Å². The molecule has 5 nitrogen and oxygen atoms in total. The van der Waals surface area contributed by atoms with Crippen molar-refractivity contribution in [2.24, 2.45) is 0 Å². The average molecular weight is 529 g/mol. The third-order valence-electron chi connectivity index (χ3n) is 7.51. The molecule has 0 saturated heterocycles. The third kappa shape index (κ3) is 4.03. The fourth-order valence-electron chi connectivity index (χ4n) is 5.62. The van der Waals surface area contributed by atoms with Gasteiger partial charge >= 0.3 is 0 Å². The number of hydrogen-bond donors (Lipinski definition) is 1. The summed E-state index contributed by atoms with van der Waals surface area (Å²) in [6, 6.07) is 41.0. The van der Waals surface area contributed by atoms with Crippen molar-refractivity contribution in [2.75, 3.05) is 5.32 Å². The Bertz CT molecular complexity index is 2110. The lowest BCUT2D eigenvalue weighted by Gasteiger charge is -2.15. The van der Waals surface area contributed by atoms with Crippen LogP contribution in [0.4, 0.5) is 11.4 Å². The molecule has 5 heteroatoms. The molecule has 0 amide bonds. The van der Waals surface area contributed by atoms with Gasteiger partial charge in [-0.1, -0.05) is 78.9 Å². The summed E-state index contributed by atoms with van der Waals surface area (Å²) in [4.78, 5) is 9.57. The van der Waals surface area contributed by atoms with Crippen LogP contribution in [0.3, 0.4) is 0 Å². The fraction of sp³-hybridized carbons (Fsp3) is 0. The Labute approximate surface area is 237 Å². The zero-order chi connectivity index (χ0) is 27.2. The minimum Gasteiger partial charge on any atom is -0.439 e. The molecule has 3 aromatic heterocycles. The summed E-state index contributed by atoms with van der Waals surface area (Å²) in [6.45, 7) is 0. The van der Waals surface area contributed by atoms with Gasteiger partial charge in [-0.15, -0.1) is 0 Å². The van der Waals surface area contributed by atoms with E-state index < -0.39 is 0 Å². The van der Waals surface area contributed by atoms with Crippen LogP contribution in [0.5, 0.6) is 11.6 Å². The zero-order valence-electron chi connectivity index (χ0n) is 22.0. The number of benzene rings is 4. The Morgan fingerprint density at radius 3 is 2.39 bits per heavy atom. The van der Waals surface area contributed by atoms with Crippen molar-refractivity contribution < 1.29 is 4.74 Å². The molecule has 4 heterocycles. The lowest BCUT2D eigenvalue weighted by Crippen LogP contribution is -1.98. The molecular formula is C36H24N4O. The highest BCUT2D eigenvalue weighted by Gasteiger charge is 2.16. The molecule has 1 aliphatic rings. The highest BCUT2D eigenvalue weighted by Crippen LogP contribution is 2.38. The zero-order valence-corrected chi connectivity index (χ0v) is 22.0. The van der Waals surface area contributed by atoms with Gasteiger partial charge < -0.3 is 10.1 Å². The van der Waals surface area contributed by atoms with Crippen molar-refractivity contribution in [1.82, 2.24) is 14.5 Å². The van der Waals surface area contributed by atoms with E-state index in [1.165, 1.54) is 5.39 Å². The van der Waals surface area contributed by atoms with Crippen LogP contribution in [0, 0.1) is 0 Å². The summed E-state index contributed by atoms with van der Waals surface area (Å²) < 4.78 is 8.56. The predicted octanol–water partition coefficient (Wildman–Crippen LogP) is 9.26. The molecule has 7 aromatic rings. The lowest BCUT2D eigenvalue weighted by atomic mass is 10.0. The van der Waals surface area contributed by atoms with E-state index in [0.29, 0.717) is 11.6 Å². The van der Waals surface area contributed by atoms with E-state index in [1.54, 1.807) is 0 Å². The molecule has 0 aliphatic carbocycles. The Kier molecular flexibility index (Phi) is 5.38. The fourth-order valence-corrected chi connectivity index (χ4v) is 5.62. The van der Waals surface area contributed by atoms with Crippen LogP contribution in [0.2, 0.25) is 0 Å². The van der Waals surface area contributed by atoms with Gasteiger partial charge in [0.2, 0.25) is 5.88 Å². The first-order valence-corrected chi connectivity index (χ1v) is 13.6. The molecular weight excluding hydrogens is 504 g/mol. The topological polar surface area (TPSA) is 52.0 Å². The molecule has 0 unspecified atom stereocenters. The van der Waals surface area contributed by atoms with Gasteiger partial charge in [0.15, 0.2) is 0 Å². The van der Waals surface area contributed by atoms with Gasteiger partial charge in [-0.25, -0.2) is 9.97 Å². The highest BCUT2D eigenvalue weighted by molar-refractivity contribution is 6.09. The van der Waals surface area contributed by atoms with E-state index >= 15 is 0 Å². The number of para-hydroxylation sites is 3. The number of hydrogen-bond acceptors (Lipinski definition) is 4. The van der Waals surface area contributed by atoms with Gasteiger partial charge in [0.1, 0.15) is 11.6 Å². The van der Waals surface area contributed by atoms with Gasteiger partial charge in [0.25, 0.3) is 0 Å². The van der Waals surface area contributed by atoms with Crippen molar-refractivity contribution in [3.63, 3.8) is 0 Å². The first-order valence-electron chi connectivity index (χ1n) is 13.6. The van der Waals surface area contributed by atoms with E-state index in [1.807, 2.05) is 54.7 Å². The van der Waals surface area contributed by atoms with Crippen LogP contribution in [0.25, 0.3) is 51.0 Å². The van der Waals surface area contributed by atoms with Crippen LogP contribution >= 0.6 is 0 Å². The van der Waals surface area contributed by atoms with Gasteiger partial charge in [-0.05, 0) is 53.6 Å². The van der Waals surface area contributed by atoms with Crippen LogP contribution in [0.1, 0.15) is 11.1 Å². The maximum absolute atomic E-state index is 6.38. The number of nitrogens with one attached hydrogen (secondary N) is 1. The first kappa shape index (κ1) is 23.2. The molecule has 0 saturated carbocycles. The number of nitrogens with zero attached hydrogens (tertiary/aromatic N) is 3. The largest absolute Gasteiger partial charge is 0.439 e. The standard InChI is InChI=1S/C36H24N4O/c1-3-13-30-24(9-1)18-19-25-10-7-12-29(36(25)39-30)31-14-8-17-35(38-31)41-26-20-21-28-27-11-2-4-15-32(27)40(33(28)23-26)34-16-5-6-22-37-34/h1-23,39H. The molecule has 1 N–H and O–H groups in total. The second-order valence-electron chi connectivity index (χ2n) is 10.00. The maximum Gasteiger partial charge on any atom is 0.219 e. The normalized spacial score (nSPS) is 12.0. The highest BCUT2D eigenvalue weighted by atomic mass is 16.5. The Balaban J connectivity index is 1.19. The number of rotatable bonds is 4. The van der Waals surface area contributed by atoms with Gasteiger partial charge in [-0.3, -0.25) is 4.57 Å². The van der Waals surface area contributed by atoms with Crippen LogP contribution in [-0.4, -0.2) is 14.5 Å². The SMILES string of the molecule is C1=Cc2cccc(-c3cccc(Oc4ccc5c6ccccc6n(-c6ccccn6)c5c4)n3)c2Nc2ccccc21. The Hall–Kier alpha value is -5.68. The molecule has 0 spiro atoms. The van der Waals surface area contributed by atoms with E-state index in [-0.39, 0.29) is 0 Å². The van der Waals surface area contributed by atoms with Crippen LogP contribution in [0.15, 0.2) is 128 Å². The molecule has 1 aliphatic heterocycles. The van der Waals surface area contributed by atoms with Crippen molar-refractivity contribution in [3.05, 3.63) is 139 Å². The molecule has 41 heavy (non-hydrogen) atoms. The maximum atomic E-state index is 6.38. The monoisotopic (exact) mass is 528 g/mol. The quantitative estimate of drug-likeness (QED) is 0.247. The molecule has 0 bridgehead atoms. The smallest absolute Gasteiger partial charge is 0.219 e. The molecule has 194 valence electrons. The second-order valence-corrected chi connectivity index (χ2v) is 10.00. The Morgan fingerprint density at radius 1 is 0.634 bits per heavy atom. The number of pyridine rings is 2. The van der Waals surface area contributed by atoms with E-state index in [0.717, 1.165) is 56.0 Å². The minimum absolute atomic E-state index is 0.532. The molecule has 0 atom stereocenters. The first-order chi connectivity index (χ1) is 20.3. The van der Waals surface area contributed by atoms with E-state index in [9.17, 15) is 0 Å². The summed E-state index contributed by atoms with van der Waals surface area (Å²) in [5.74, 6) is 2.11. The third-order valence-corrected chi connectivity index (χ3v) is 7.51. The van der Waals surface area contributed by atoms with Crippen molar-refractivity contribution in [1.29, 1.82) is 0 Å². The molecule has 0 radical (unpaired) electrons. The van der Waals surface area contributed by atoms with Gasteiger partial charge in [-0.2, -0.15) is 0 Å².